The maximum absolute atomic E-state index is 10.6. The number of aromatic amines is 1. The van der Waals surface area contributed by atoms with Crippen molar-refractivity contribution in [3.8, 4) is 0 Å². The zero-order valence-electron chi connectivity index (χ0n) is 8.02. The van der Waals surface area contributed by atoms with E-state index in [0.717, 1.165) is 9.88 Å². The number of carboxylic acids is 1. The van der Waals surface area contributed by atoms with Crippen LogP contribution in [0.15, 0.2) is 12.4 Å². The molecule has 2 heterocycles. The predicted molar refractivity (Wildman–Crippen MR) is 55.2 cm³/mol. The molecule has 6 heteroatoms. The van der Waals surface area contributed by atoms with Gasteiger partial charge in [0.05, 0.1) is 12.6 Å². The summed E-state index contributed by atoms with van der Waals surface area (Å²) in [4.78, 5) is 22.6. The number of aromatic carboxylic acids is 1. The Morgan fingerprint density at radius 1 is 1.53 bits per heavy atom. The molecule has 0 aromatic carbocycles. The number of carbonyl (C=O) groups is 1. The van der Waals surface area contributed by atoms with Crippen molar-refractivity contribution in [1.82, 2.24) is 15.0 Å². The fourth-order valence-electron chi connectivity index (χ4n) is 1.19. The van der Waals surface area contributed by atoms with E-state index in [-0.39, 0.29) is 5.69 Å². The zero-order chi connectivity index (χ0) is 10.8. The van der Waals surface area contributed by atoms with E-state index in [1.54, 1.807) is 17.5 Å². The van der Waals surface area contributed by atoms with Gasteiger partial charge in [-0.3, -0.25) is 0 Å². The predicted octanol–water partition coefficient (Wildman–Crippen LogP) is 1.46. The van der Waals surface area contributed by atoms with Gasteiger partial charge in [-0.2, -0.15) is 0 Å². The first kappa shape index (κ1) is 9.85. The normalized spacial score (nSPS) is 10.5. The van der Waals surface area contributed by atoms with Gasteiger partial charge in [0.2, 0.25) is 0 Å². The summed E-state index contributed by atoms with van der Waals surface area (Å²) in [7, 11) is 0. The van der Waals surface area contributed by atoms with E-state index in [0.29, 0.717) is 12.2 Å². The summed E-state index contributed by atoms with van der Waals surface area (Å²) >= 11 is 1.58. The Balaban J connectivity index is 2.14. The Bertz CT molecular complexity index is 489. The summed E-state index contributed by atoms with van der Waals surface area (Å²) in [5.41, 5.74) is 0.110. The zero-order valence-corrected chi connectivity index (χ0v) is 8.84. The summed E-state index contributed by atoms with van der Waals surface area (Å²) in [6.45, 7) is 1.98. The first-order valence-electron chi connectivity index (χ1n) is 4.33. The van der Waals surface area contributed by atoms with Crippen molar-refractivity contribution in [2.24, 2.45) is 0 Å². The van der Waals surface area contributed by atoms with Crippen molar-refractivity contribution in [2.75, 3.05) is 0 Å². The van der Waals surface area contributed by atoms with Gasteiger partial charge < -0.3 is 10.1 Å². The molecule has 0 aliphatic carbocycles. The van der Waals surface area contributed by atoms with Crippen LogP contribution in [0.3, 0.4) is 0 Å². The minimum atomic E-state index is -0.996. The first-order valence-corrected chi connectivity index (χ1v) is 5.15. The van der Waals surface area contributed by atoms with Crippen LogP contribution >= 0.6 is 11.3 Å². The number of hydrogen-bond donors (Lipinski definition) is 2. The van der Waals surface area contributed by atoms with Crippen molar-refractivity contribution < 1.29 is 9.90 Å². The number of rotatable bonds is 3. The summed E-state index contributed by atoms with van der Waals surface area (Å²) in [6.07, 6.45) is 3.66. The Morgan fingerprint density at radius 2 is 2.33 bits per heavy atom. The van der Waals surface area contributed by atoms with Crippen LogP contribution in [0.2, 0.25) is 0 Å². The molecule has 0 amide bonds. The number of carboxylic acid groups (broad SMARTS) is 1. The van der Waals surface area contributed by atoms with Gasteiger partial charge in [-0.25, -0.2) is 14.8 Å². The second-order valence-electron chi connectivity index (χ2n) is 3.09. The molecule has 0 aliphatic heterocycles. The minimum Gasteiger partial charge on any atom is -0.477 e. The molecule has 2 rings (SSSR count). The summed E-state index contributed by atoms with van der Waals surface area (Å²) < 4.78 is 0. The molecule has 2 aromatic rings. The molecule has 0 unspecified atom stereocenters. The summed E-state index contributed by atoms with van der Waals surface area (Å²) in [5.74, 6) is -0.370. The van der Waals surface area contributed by atoms with Crippen molar-refractivity contribution in [3.63, 3.8) is 0 Å². The van der Waals surface area contributed by atoms with Gasteiger partial charge in [0.1, 0.15) is 16.5 Å². The fraction of sp³-hybridized carbons (Fsp3) is 0.222. The number of imidazole rings is 1. The average Bonchev–Trinajstić information content (AvgIpc) is 2.76. The van der Waals surface area contributed by atoms with E-state index >= 15 is 0 Å². The van der Waals surface area contributed by atoms with E-state index in [2.05, 4.69) is 15.0 Å². The van der Waals surface area contributed by atoms with Gasteiger partial charge in [0.15, 0.2) is 0 Å². The van der Waals surface area contributed by atoms with Crippen LogP contribution in [0.1, 0.15) is 26.2 Å². The molecule has 0 aliphatic rings. The molecule has 2 N–H and O–H groups in total. The lowest BCUT2D eigenvalue weighted by Crippen LogP contribution is -1.97. The van der Waals surface area contributed by atoms with Gasteiger partial charge >= 0.3 is 5.97 Å². The first-order chi connectivity index (χ1) is 7.15. The SMILES string of the molecule is Cc1cnc(Cc2ncc(C(=O)O)[nH]2)s1. The van der Waals surface area contributed by atoms with Crippen LogP contribution in [0.4, 0.5) is 0 Å². The van der Waals surface area contributed by atoms with E-state index in [4.69, 9.17) is 5.11 Å². The number of thiazole rings is 1. The number of aryl methyl sites for hydroxylation is 1. The van der Waals surface area contributed by atoms with Gasteiger partial charge in [0, 0.05) is 11.1 Å². The molecule has 0 fully saturated rings. The van der Waals surface area contributed by atoms with Crippen LogP contribution in [-0.2, 0) is 6.42 Å². The lowest BCUT2D eigenvalue weighted by atomic mass is 10.4. The van der Waals surface area contributed by atoms with Gasteiger partial charge in [-0.15, -0.1) is 11.3 Å². The smallest absolute Gasteiger partial charge is 0.353 e. The molecule has 0 radical (unpaired) electrons. The number of hydrogen-bond acceptors (Lipinski definition) is 4. The van der Waals surface area contributed by atoms with Gasteiger partial charge in [0.25, 0.3) is 0 Å². The molecular formula is C9H9N3O2S. The highest BCUT2D eigenvalue weighted by Gasteiger charge is 2.08. The Hall–Kier alpha value is -1.69. The maximum Gasteiger partial charge on any atom is 0.353 e. The molecule has 5 nitrogen and oxygen atoms in total. The lowest BCUT2D eigenvalue weighted by molar-refractivity contribution is 0.0691. The van der Waals surface area contributed by atoms with Crippen molar-refractivity contribution in [1.29, 1.82) is 0 Å². The molecule has 2 aromatic heterocycles. The minimum absolute atomic E-state index is 0.110. The number of aromatic nitrogens is 3. The number of nitrogens with zero attached hydrogens (tertiary/aromatic N) is 2. The summed E-state index contributed by atoms with van der Waals surface area (Å²) in [6, 6.07) is 0. The van der Waals surface area contributed by atoms with E-state index in [1.165, 1.54) is 6.20 Å². The largest absolute Gasteiger partial charge is 0.477 e. The molecule has 0 atom stereocenters. The third kappa shape index (κ3) is 2.21. The van der Waals surface area contributed by atoms with Crippen LogP contribution in [-0.4, -0.2) is 26.0 Å². The van der Waals surface area contributed by atoms with Crippen LogP contribution in [0, 0.1) is 6.92 Å². The van der Waals surface area contributed by atoms with Gasteiger partial charge in [-0.1, -0.05) is 0 Å². The Labute approximate surface area is 89.8 Å². The lowest BCUT2D eigenvalue weighted by Gasteiger charge is -1.90. The van der Waals surface area contributed by atoms with Crippen LogP contribution in [0.5, 0.6) is 0 Å². The van der Waals surface area contributed by atoms with Gasteiger partial charge in [-0.05, 0) is 6.92 Å². The fourth-order valence-corrected chi connectivity index (χ4v) is 1.98. The molecular weight excluding hydrogens is 214 g/mol. The maximum atomic E-state index is 10.6. The third-order valence-electron chi connectivity index (χ3n) is 1.85. The standard InChI is InChI=1S/C9H9N3O2S/c1-5-3-11-8(15-5)2-7-10-4-6(12-7)9(13)14/h3-4H,2H2,1H3,(H,10,12)(H,13,14). The van der Waals surface area contributed by atoms with Crippen molar-refractivity contribution >= 4 is 17.3 Å². The molecule has 0 bridgehead atoms. The number of H-pyrrole nitrogens is 1. The molecule has 0 saturated carbocycles. The van der Waals surface area contributed by atoms with Crippen molar-refractivity contribution in [3.05, 3.63) is 33.8 Å². The molecule has 78 valence electrons. The van der Waals surface area contributed by atoms with E-state index < -0.39 is 5.97 Å². The Morgan fingerprint density at radius 3 is 2.87 bits per heavy atom. The quantitative estimate of drug-likeness (QED) is 0.825. The third-order valence-corrected chi connectivity index (χ3v) is 2.76. The number of nitrogens with one attached hydrogen (secondary N) is 1. The van der Waals surface area contributed by atoms with Crippen LogP contribution < -0.4 is 0 Å². The van der Waals surface area contributed by atoms with E-state index in [9.17, 15) is 4.79 Å². The highest BCUT2D eigenvalue weighted by Crippen LogP contribution is 2.14. The van der Waals surface area contributed by atoms with Crippen molar-refractivity contribution in [2.45, 2.75) is 13.3 Å². The highest BCUT2D eigenvalue weighted by molar-refractivity contribution is 7.11. The Kier molecular flexibility index (Phi) is 2.51. The average molecular weight is 223 g/mol. The summed E-state index contributed by atoms with van der Waals surface area (Å²) in [5, 5.41) is 9.61. The van der Waals surface area contributed by atoms with Crippen LogP contribution in [0.25, 0.3) is 0 Å². The second kappa shape index (κ2) is 3.82. The second-order valence-corrected chi connectivity index (χ2v) is 4.41. The molecule has 15 heavy (non-hydrogen) atoms. The topological polar surface area (TPSA) is 78.9 Å². The molecule has 0 saturated heterocycles. The van der Waals surface area contributed by atoms with E-state index in [1.807, 2.05) is 6.92 Å². The monoisotopic (exact) mass is 223 g/mol. The molecule has 0 spiro atoms. The highest BCUT2D eigenvalue weighted by atomic mass is 32.1.